The van der Waals surface area contributed by atoms with Crippen molar-refractivity contribution in [3.63, 3.8) is 0 Å². The van der Waals surface area contributed by atoms with Gasteiger partial charge in [-0.1, -0.05) is 30.3 Å². The van der Waals surface area contributed by atoms with Crippen molar-refractivity contribution in [3.05, 3.63) is 59.2 Å². The van der Waals surface area contributed by atoms with Crippen molar-refractivity contribution in [1.29, 1.82) is 0 Å². The van der Waals surface area contributed by atoms with Gasteiger partial charge in [0.1, 0.15) is 5.82 Å². The fourth-order valence-corrected chi connectivity index (χ4v) is 5.70. The summed E-state index contributed by atoms with van der Waals surface area (Å²) in [6.45, 7) is 7.00. The van der Waals surface area contributed by atoms with Gasteiger partial charge >= 0.3 is 0 Å². The first-order chi connectivity index (χ1) is 15.1. The number of amides is 1. The number of anilines is 1. The lowest BCUT2D eigenvalue weighted by Gasteiger charge is -2.35. The van der Waals surface area contributed by atoms with E-state index in [0.717, 1.165) is 57.8 Å². The molecule has 6 heteroatoms. The van der Waals surface area contributed by atoms with Gasteiger partial charge in [0.05, 0.1) is 4.70 Å². The van der Waals surface area contributed by atoms with E-state index in [1.165, 1.54) is 26.8 Å². The van der Waals surface area contributed by atoms with Gasteiger partial charge in [-0.3, -0.25) is 9.69 Å². The highest BCUT2D eigenvalue weighted by Gasteiger charge is 2.26. The van der Waals surface area contributed by atoms with E-state index in [1.807, 2.05) is 11.9 Å². The zero-order chi connectivity index (χ0) is 21.4. The van der Waals surface area contributed by atoms with Crippen LogP contribution in [0.2, 0.25) is 0 Å². The fraction of sp³-hybridized carbons (Fsp3) is 0.440. The first-order valence-corrected chi connectivity index (χ1v) is 12.0. The van der Waals surface area contributed by atoms with Crippen molar-refractivity contribution in [1.82, 2.24) is 14.2 Å². The van der Waals surface area contributed by atoms with Crippen LogP contribution in [0.25, 0.3) is 10.1 Å². The number of benzene rings is 2. The van der Waals surface area contributed by atoms with Crippen LogP contribution in [0.5, 0.6) is 0 Å². The summed E-state index contributed by atoms with van der Waals surface area (Å²) in [5.74, 6) is 1.31. The van der Waals surface area contributed by atoms with Crippen molar-refractivity contribution in [2.45, 2.75) is 32.2 Å². The Morgan fingerprint density at radius 3 is 2.68 bits per heavy atom. The molecule has 0 unspecified atom stereocenters. The summed E-state index contributed by atoms with van der Waals surface area (Å²) < 4.78 is 6.00. The maximum Gasteiger partial charge on any atom is 0.219 e. The number of piperazine rings is 1. The maximum atomic E-state index is 11.7. The third-order valence-electron chi connectivity index (χ3n) is 6.97. The van der Waals surface area contributed by atoms with E-state index in [4.69, 9.17) is 4.37 Å². The van der Waals surface area contributed by atoms with Crippen LogP contribution in [0.1, 0.15) is 23.6 Å². The van der Waals surface area contributed by atoms with Crippen LogP contribution in [0.15, 0.2) is 42.5 Å². The molecule has 1 aliphatic carbocycles. The summed E-state index contributed by atoms with van der Waals surface area (Å²) >= 11 is 1.60. The number of hydrogen-bond acceptors (Lipinski definition) is 5. The van der Waals surface area contributed by atoms with Gasteiger partial charge in [-0.25, -0.2) is 0 Å². The molecule has 2 aliphatic rings. The van der Waals surface area contributed by atoms with Gasteiger partial charge in [-0.05, 0) is 59.6 Å². The quantitative estimate of drug-likeness (QED) is 0.615. The molecule has 1 amide bonds. The predicted molar refractivity (Wildman–Crippen MR) is 128 cm³/mol. The number of hydrogen-bond donors (Lipinski definition) is 0. The minimum atomic E-state index is 0.155. The Kier molecular flexibility index (Phi) is 5.67. The summed E-state index contributed by atoms with van der Waals surface area (Å²) in [6, 6.07) is 15.8. The highest BCUT2D eigenvalue weighted by molar-refractivity contribution is 7.13. The van der Waals surface area contributed by atoms with Crippen molar-refractivity contribution in [2.24, 2.45) is 0 Å². The molecule has 31 heavy (non-hydrogen) atoms. The Bertz CT molecular complexity index is 1090. The predicted octanol–water partition coefficient (Wildman–Crippen LogP) is 3.61. The largest absolute Gasteiger partial charge is 0.353 e. The average molecular weight is 435 g/mol. The van der Waals surface area contributed by atoms with Crippen LogP contribution < -0.4 is 4.90 Å². The smallest absolute Gasteiger partial charge is 0.219 e. The van der Waals surface area contributed by atoms with Crippen LogP contribution in [0.3, 0.4) is 0 Å². The maximum absolute atomic E-state index is 11.7. The second kappa shape index (κ2) is 8.60. The average Bonchev–Trinajstić information content (AvgIpc) is 3.41. The second-order valence-electron chi connectivity index (χ2n) is 8.88. The molecule has 3 aromatic rings. The number of likely N-dealkylation sites (N-methyl/N-ethyl adjacent to an activating group) is 1. The summed E-state index contributed by atoms with van der Waals surface area (Å²) in [6.07, 6.45) is 3.05. The van der Waals surface area contributed by atoms with Crippen LogP contribution >= 0.6 is 11.5 Å². The molecule has 0 bridgehead atoms. The van der Waals surface area contributed by atoms with Gasteiger partial charge in [-0.2, -0.15) is 4.37 Å². The molecule has 5 nitrogen and oxygen atoms in total. The van der Waals surface area contributed by atoms with E-state index >= 15 is 0 Å². The third kappa shape index (κ3) is 4.19. The SMILES string of the molecule is CC(=O)N(C)[C@@H]1Cc2ccc(CCN3CCN(c4nsc5ccccc45)CC3)cc2C1. The molecule has 1 atom stereocenters. The molecular formula is C25H30N4OS. The van der Waals surface area contributed by atoms with Crippen molar-refractivity contribution in [3.8, 4) is 0 Å². The van der Waals surface area contributed by atoms with Crippen LogP contribution in [-0.4, -0.2) is 65.9 Å². The Morgan fingerprint density at radius 1 is 1.10 bits per heavy atom. The highest BCUT2D eigenvalue weighted by Crippen LogP contribution is 2.30. The highest BCUT2D eigenvalue weighted by atomic mass is 32.1. The molecule has 0 spiro atoms. The molecule has 0 radical (unpaired) electrons. The number of carbonyl (C=O) groups is 1. The van der Waals surface area contributed by atoms with E-state index in [0.29, 0.717) is 6.04 Å². The zero-order valence-electron chi connectivity index (χ0n) is 18.4. The summed E-state index contributed by atoms with van der Waals surface area (Å²) in [7, 11) is 1.92. The molecular weight excluding hydrogens is 404 g/mol. The van der Waals surface area contributed by atoms with E-state index in [1.54, 1.807) is 18.5 Å². The Hall–Kier alpha value is -2.44. The number of fused-ring (bicyclic) bond motifs is 2. The Morgan fingerprint density at radius 2 is 1.87 bits per heavy atom. The van der Waals surface area contributed by atoms with Gasteiger partial charge in [0.2, 0.25) is 5.91 Å². The molecule has 2 aromatic carbocycles. The monoisotopic (exact) mass is 434 g/mol. The normalized spacial score (nSPS) is 19.0. The second-order valence-corrected chi connectivity index (χ2v) is 9.68. The molecule has 1 aliphatic heterocycles. The van der Waals surface area contributed by atoms with Crippen LogP contribution in [0.4, 0.5) is 5.82 Å². The molecule has 1 aromatic heterocycles. The first kappa shape index (κ1) is 20.5. The van der Waals surface area contributed by atoms with E-state index in [9.17, 15) is 4.79 Å². The lowest BCUT2D eigenvalue weighted by Crippen LogP contribution is -2.47. The number of rotatable bonds is 5. The van der Waals surface area contributed by atoms with Gasteiger partial charge in [0.25, 0.3) is 0 Å². The summed E-state index contributed by atoms with van der Waals surface area (Å²) in [4.78, 5) is 18.6. The van der Waals surface area contributed by atoms with Gasteiger partial charge < -0.3 is 9.80 Å². The lowest BCUT2D eigenvalue weighted by molar-refractivity contribution is -0.129. The number of aromatic nitrogens is 1. The lowest BCUT2D eigenvalue weighted by atomic mass is 10.0. The van der Waals surface area contributed by atoms with Crippen LogP contribution in [0, 0.1) is 0 Å². The van der Waals surface area contributed by atoms with Gasteiger partial charge in [-0.15, -0.1) is 0 Å². The van der Waals surface area contributed by atoms with Crippen molar-refractivity contribution < 1.29 is 4.79 Å². The third-order valence-corrected chi connectivity index (χ3v) is 7.79. The summed E-state index contributed by atoms with van der Waals surface area (Å²) in [5.41, 5.74) is 4.25. The molecule has 2 heterocycles. The van der Waals surface area contributed by atoms with E-state index < -0.39 is 0 Å². The fourth-order valence-electron chi connectivity index (χ4n) is 4.91. The van der Waals surface area contributed by atoms with Crippen LogP contribution in [-0.2, 0) is 24.1 Å². The summed E-state index contributed by atoms with van der Waals surface area (Å²) in [5, 5.41) is 1.29. The number of carbonyl (C=O) groups excluding carboxylic acids is 1. The van der Waals surface area contributed by atoms with E-state index in [-0.39, 0.29) is 5.91 Å². The topological polar surface area (TPSA) is 39.7 Å². The van der Waals surface area contributed by atoms with Gasteiger partial charge in [0, 0.05) is 58.1 Å². The molecule has 0 saturated carbocycles. The van der Waals surface area contributed by atoms with Crippen molar-refractivity contribution >= 4 is 33.3 Å². The number of nitrogens with zero attached hydrogens (tertiary/aromatic N) is 4. The Labute approximate surface area is 188 Å². The molecule has 1 fully saturated rings. The minimum absolute atomic E-state index is 0.155. The van der Waals surface area contributed by atoms with Crippen molar-refractivity contribution in [2.75, 3.05) is 44.7 Å². The van der Waals surface area contributed by atoms with E-state index in [2.05, 4.69) is 52.3 Å². The molecule has 1 saturated heterocycles. The minimum Gasteiger partial charge on any atom is -0.353 e. The molecule has 0 N–H and O–H groups in total. The molecule has 162 valence electrons. The van der Waals surface area contributed by atoms with Gasteiger partial charge in [0.15, 0.2) is 0 Å². The molecule has 5 rings (SSSR count). The standard InChI is InChI=1S/C25H30N4OS/c1-18(30)27(2)22-16-20-8-7-19(15-21(20)17-22)9-10-28-11-13-29(14-12-28)25-23-5-3-4-6-24(23)31-26-25/h3-8,15,22H,9-14,16-17H2,1-2H3/t22-/m1/s1. The first-order valence-electron chi connectivity index (χ1n) is 11.2. The Balaban J connectivity index is 1.15. The zero-order valence-corrected chi connectivity index (χ0v) is 19.2.